The minimum atomic E-state index is -4.40. The van der Waals surface area contributed by atoms with Crippen LogP contribution in [-0.4, -0.2) is 0 Å². The molecule has 0 aromatic heterocycles. The monoisotopic (exact) mass is 598 g/mol. The van der Waals surface area contributed by atoms with Gasteiger partial charge in [0.25, 0.3) is 0 Å². The number of rotatable bonds is 1. The Hall–Kier alpha value is -5.41. The third kappa shape index (κ3) is 3.35. The maximum Gasteiger partial charge on any atom is 0.416 e. The van der Waals surface area contributed by atoms with Crippen LogP contribution in [0.25, 0.3) is 97.3 Å². The summed E-state index contributed by atoms with van der Waals surface area (Å²) in [5, 5.41) is 18.9. The Morgan fingerprint density at radius 3 is 1.61 bits per heavy atom. The smallest absolute Gasteiger partial charge is 0.166 e. The van der Waals surface area contributed by atoms with Crippen LogP contribution in [0.2, 0.25) is 0 Å². The first-order valence-corrected chi connectivity index (χ1v) is 15.6. The average Bonchev–Trinajstić information content (AvgIpc) is 3.52. The van der Waals surface area contributed by atoms with Gasteiger partial charge in [0.15, 0.2) is 0 Å². The molecule has 10 aromatic rings. The van der Waals surface area contributed by atoms with E-state index in [0.29, 0.717) is 0 Å². The predicted octanol–water partition coefficient (Wildman–Crippen LogP) is 13.1. The fourth-order valence-electron chi connectivity index (χ4n) is 8.35. The molecule has 0 fully saturated rings. The normalized spacial score (nSPS) is 12.9. The second-order valence-corrected chi connectivity index (χ2v) is 13.0. The SMILES string of the molecule is Cc1cc2cc(C)cc3c4c(-c5ccc(C(F)(F)F)cc5)c5cc6cc7c8ccccc8c8cccc(c6cc5cc4c(c1)c23)c87. The highest BCUT2D eigenvalue weighted by Crippen LogP contribution is 2.49. The van der Waals surface area contributed by atoms with E-state index in [9.17, 15) is 13.2 Å². The number of hydrogen-bond donors (Lipinski definition) is 0. The van der Waals surface area contributed by atoms with Gasteiger partial charge in [-0.3, -0.25) is 0 Å². The van der Waals surface area contributed by atoms with Crippen LogP contribution in [0.3, 0.4) is 0 Å². The Labute approximate surface area is 261 Å². The number of benzene rings is 8. The molecule has 0 spiro atoms. The minimum Gasteiger partial charge on any atom is -0.166 e. The Balaban J connectivity index is 1.43. The lowest BCUT2D eigenvalue weighted by Gasteiger charge is -2.15. The molecule has 0 amide bonds. The maximum absolute atomic E-state index is 13.7. The number of fused-ring (bicyclic) bond motifs is 9. The summed E-state index contributed by atoms with van der Waals surface area (Å²) in [7, 11) is 0. The van der Waals surface area contributed by atoms with Crippen LogP contribution in [0.4, 0.5) is 13.2 Å². The van der Waals surface area contributed by atoms with Gasteiger partial charge in [0, 0.05) is 0 Å². The van der Waals surface area contributed by atoms with Gasteiger partial charge in [-0.2, -0.15) is 13.2 Å². The number of halogens is 3. The molecule has 0 saturated heterocycles. The molecule has 0 saturated carbocycles. The summed E-state index contributed by atoms with van der Waals surface area (Å²) in [5.41, 5.74) is 3.47. The Morgan fingerprint density at radius 2 is 0.913 bits per heavy atom. The van der Waals surface area contributed by atoms with Crippen molar-refractivity contribution in [1.29, 1.82) is 0 Å². The van der Waals surface area contributed by atoms with Crippen LogP contribution in [0, 0.1) is 13.8 Å². The van der Waals surface area contributed by atoms with Gasteiger partial charge in [-0.05, 0) is 159 Å². The molecule has 0 unspecified atom stereocenters. The van der Waals surface area contributed by atoms with Gasteiger partial charge in [-0.25, -0.2) is 0 Å². The second-order valence-electron chi connectivity index (χ2n) is 13.0. The van der Waals surface area contributed by atoms with Crippen molar-refractivity contribution in [2.45, 2.75) is 20.0 Å². The van der Waals surface area contributed by atoms with E-state index >= 15 is 0 Å². The Bertz CT molecular complexity index is 2890. The minimum absolute atomic E-state index is 0.639. The molecular formula is C43H25F3. The molecular weight excluding hydrogens is 573 g/mol. The van der Waals surface area contributed by atoms with Crippen LogP contribution < -0.4 is 0 Å². The van der Waals surface area contributed by atoms with Crippen molar-refractivity contribution >= 4 is 86.2 Å². The molecule has 0 atom stereocenters. The van der Waals surface area contributed by atoms with Crippen LogP contribution >= 0.6 is 0 Å². The third-order valence-electron chi connectivity index (χ3n) is 10.1. The van der Waals surface area contributed by atoms with Crippen LogP contribution in [0.1, 0.15) is 16.7 Å². The van der Waals surface area contributed by atoms with Crippen LogP contribution in [0.15, 0.2) is 115 Å². The quantitative estimate of drug-likeness (QED) is 0.130. The molecule has 0 nitrogen and oxygen atoms in total. The Morgan fingerprint density at radius 1 is 0.391 bits per heavy atom. The summed E-state index contributed by atoms with van der Waals surface area (Å²) in [4.78, 5) is 0. The lowest BCUT2D eigenvalue weighted by molar-refractivity contribution is -0.137. The lowest BCUT2D eigenvalue weighted by Crippen LogP contribution is -2.04. The first-order valence-electron chi connectivity index (χ1n) is 15.6. The highest BCUT2D eigenvalue weighted by Gasteiger charge is 2.30. The first-order chi connectivity index (χ1) is 22.2. The summed E-state index contributed by atoms with van der Waals surface area (Å²) in [6.45, 7) is 4.24. The van der Waals surface area contributed by atoms with E-state index in [-0.39, 0.29) is 0 Å². The zero-order valence-electron chi connectivity index (χ0n) is 25.1. The van der Waals surface area contributed by atoms with Crippen LogP contribution in [-0.2, 0) is 6.18 Å². The Kier molecular flexibility index (Phi) is 4.86. The van der Waals surface area contributed by atoms with E-state index in [4.69, 9.17) is 0 Å². The van der Waals surface area contributed by atoms with Crippen molar-refractivity contribution in [2.75, 3.05) is 0 Å². The molecule has 0 N–H and O–H groups in total. The van der Waals surface area contributed by atoms with Crippen molar-refractivity contribution < 1.29 is 13.2 Å². The van der Waals surface area contributed by atoms with Crippen molar-refractivity contribution in [1.82, 2.24) is 0 Å². The lowest BCUT2D eigenvalue weighted by atomic mass is 9.89. The molecule has 3 heteroatoms. The van der Waals surface area contributed by atoms with Crippen molar-refractivity contribution in [3.63, 3.8) is 0 Å². The summed E-state index contributed by atoms with van der Waals surface area (Å²) >= 11 is 0. The molecule has 0 aliphatic carbocycles. The van der Waals surface area contributed by atoms with Crippen molar-refractivity contribution in [3.8, 4) is 11.1 Å². The van der Waals surface area contributed by atoms with Gasteiger partial charge in [-0.15, -0.1) is 0 Å². The van der Waals surface area contributed by atoms with Gasteiger partial charge < -0.3 is 0 Å². The molecule has 0 aliphatic rings. The molecule has 46 heavy (non-hydrogen) atoms. The molecule has 10 rings (SSSR count). The van der Waals surface area contributed by atoms with E-state index < -0.39 is 11.7 Å². The molecule has 0 aliphatic heterocycles. The third-order valence-corrected chi connectivity index (χ3v) is 10.1. The number of hydrogen-bond acceptors (Lipinski definition) is 0. The maximum atomic E-state index is 13.7. The molecule has 218 valence electrons. The van der Waals surface area contributed by atoms with Crippen molar-refractivity contribution in [3.05, 3.63) is 132 Å². The van der Waals surface area contributed by atoms with E-state index in [1.165, 1.54) is 71.6 Å². The molecule has 0 radical (unpaired) electrons. The largest absolute Gasteiger partial charge is 0.416 e. The van der Waals surface area contributed by atoms with E-state index in [2.05, 4.69) is 105 Å². The molecule has 10 aromatic carbocycles. The summed E-state index contributed by atoms with van der Waals surface area (Å²) < 4.78 is 41.1. The van der Waals surface area contributed by atoms with Crippen molar-refractivity contribution in [2.24, 2.45) is 0 Å². The summed E-state index contributed by atoms with van der Waals surface area (Å²) in [5.74, 6) is 0. The van der Waals surface area contributed by atoms with E-state index in [1.54, 1.807) is 12.1 Å². The van der Waals surface area contributed by atoms with Gasteiger partial charge in [0.2, 0.25) is 0 Å². The van der Waals surface area contributed by atoms with Gasteiger partial charge in [0.05, 0.1) is 5.56 Å². The zero-order chi connectivity index (χ0) is 31.1. The fraction of sp³-hybridized carbons (Fsp3) is 0.0698. The van der Waals surface area contributed by atoms with Gasteiger partial charge in [-0.1, -0.05) is 78.9 Å². The first kappa shape index (κ1) is 25.9. The van der Waals surface area contributed by atoms with E-state index in [1.807, 2.05) is 0 Å². The summed E-state index contributed by atoms with van der Waals surface area (Å²) in [6.07, 6.45) is -4.40. The average molecular weight is 599 g/mol. The van der Waals surface area contributed by atoms with Crippen LogP contribution in [0.5, 0.6) is 0 Å². The number of aryl methyl sites for hydroxylation is 2. The zero-order valence-corrected chi connectivity index (χ0v) is 25.1. The topological polar surface area (TPSA) is 0 Å². The fourth-order valence-corrected chi connectivity index (χ4v) is 8.35. The molecule has 0 bridgehead atoms. The molecule has 0 heterocycles. The van der Waals surface area contributed by atoms with Gasteiger partial charge in [0.1, 0.15) is 0 Å². The number of alkyl halides is 3. The highest BCUT2D eigenvalue weighted by atomic mass is 19.4. The highest BCUT2D eigenvalue weighted by molar-refractivity contribution is 6.38. The second kappa shape index (κ2) is 8.64. The standard InChI is InChI=1S/C43H25F3/c1-22-14-27-15-23(2)17-38-39(27)35(16-22)37-21-26-18-33-25(19-34(26)40(42(37)38)24-10-12-28(13-11-24)43(44,45)46)20-36-30-7-4-3-6-29(30)31-8-5-9-32(33)41(31)36/h3-21H,1-2H3. The van der Waals surface area contributed by atoms with E-state index in [0.717, 1.165) is 49.0 Å². The predicted molar refractivity (Wildman–Crippen MR) is 189 cm³/mol. The summed E-state index contributed by atoms with van der Waals surface area (Å²) in [6, 6.07) is 39.0. The van der Waals surface area contributed by atoms with Gasteiger partial charge >= 0.3 is 6.18 Å².